The molecule has 0 spiro atoms. The SMILES string of the molecule is COCC(=O)NNc1cc(C2=NOC(c3cc(C)cc(Cl)c3)(C(F)(F)F)C2)ccc1Cl. The van der Waals surface area contributed by atoms with Crippen LogP contribution in [-0.2, 0) is 20.0 Å². The van der Waals surface area contributed by atoms with Crippen molar-refractivity contribution in [3.8, 4) is 0 Å². The predicted octanol–water partition coefficient (Wildman–Crippen LogP) is 4.97. The van der Waals surface area contributed by atoms with Crippen molar-refractivity contribution in [3.05, 3.63) is 63.1 Å². The second kappa shape index (κ2) is 8.94. The van der Waals surface area contributed by atoms with E-state index in [9.17, 15) is 18.0 Å². The Hall–Kier alpha value is -2.49. The molecule has 1 atom stereocenters. The Labute approximate surface area is 186 Å². The lowest BCUT2D eigenvalue weighted by atomic mass is 9.86. The van der Waals surface area contributed by atoms with Crippen molar-refractivity contribution in [2.24, 2.45) is 5.16 Å². The number of nitrogens with zero attached hydrogens (tertiary/aromatic N) is 1. The molecule has 11 heteroatoms. The third kappa shape index (κ3) is 4.89. The number of hydrogen-bond acceptors (Lipinski definition) is 5. The van der Waals surface area contributed by atoms with Gasteiger partial charge in [-0.15, -0.1) is 0 Å². The summed E-state index contributed by atoms with van der Waals surface area (Å²) in [7, 11) is 1.36. The lowest BCUT2D eigenvalue weighted by Crippen LogP contribution is -2.42. The highest BCUT2D eigenvalue weighted by atomic mass is 35.5. The van der Waals surface area contributed by atoms with Gasteiger partial charge < -0.3 is 9.57 Å². The second-order valence-corrected chi connectivity index (χ2v) is 7.79. The summed E-state index contributed by atoms with van der Waals surface area (Å²) in [6, 6.07) is 8.61. The van der Waals surface area contributed by atoms with Crippen molar-refractivity contribution in [2.45, 2.75) is 25.1 Å². The maximum Gasteiger partial charge on any atom is 0.435 e. The summed E-state index contributed by atoms with van der Waals surface area (Å²) >= 11 is 12.1. The fourth-order valence-corrected chi connectivity index (χ4v) is 3.59. The molecule has 0 bridgehead atoms. The molecular formula is C20H18Cl2F3N3O3. The van der Waals surface area contributed by atoms with Gasteiger partial charge in [0.05, 0.1) is 16.4 Å². The van der Waals surface area contributed by atoms with Crippen molar-refractivity contribution >= 4 is 40.5 Å². The maximum atomic E-state index is 14.1. The first-order valence-electron chi connectivity index (χ1n) is 8.99. The van der Waals surface area contributed by atoms with Gasteiger partial charge >= 0.3 is 6.18 Å². The van der Waals surface area contributed by atoms with E-state index in [1.54, 1.807) is 13.0 Å². The molecule has 0 saturated heterocycles. The molecule has 0 saturated carbocycles. The van der Waals surface area contributed by atoms with Gasteiger partial charge in [-0.2, -0.15) is 13.2 Å². The number of oxime groups is 1. The van der Waals surface area contributed by atoms with Gasteiger partial charge in [-0.3, -0.25) is 15.6 Å². The number of nitrogens with one attached hydrogen (secondary N) is 2. The molecule has 1 amide bonds. The Bertz CT molecular complexity index is 1010. The van der Waals surface area contributed by atoms with Gasteiger partial charge in [0.25, 0.3) is 11.5 Å². The van der Waals surface area contributed by atoms with Crippen LogP contribution in [-0.4, -0.2) is 31.5 Å². The number of benzene rings is 2. The summed E-state index contributed by atoms with van der Waals surface area (Å²) in [5.74, 6) is -0.460. The number of hydrogen-bond donors (Lipinski definition) is 2. The summed E-state index contributed by atoms with van der Waals surface area (Å²) in [4.78, 5) is 16.6. The van der Waals surface area contributed by atoms with E-state index in [-0.39, 0.29) is 33.6 Å². The highest BCUT2D eigenvalue weighted by Gasteiger charge is 2.62. The van der Waals surface area contributed by atoms with E-state index < -0.39 is 24.1 Å². The fraction of sp³-hybridized carbons (Fsp3) is 0.300. The molecule has 166 valence electrons. The molecule has 1 aliphatic heterocycles. The molecule has 31 heavy (non-hydrogen) atoms. The van der Waals surface area contributed by atoms with Crippen LogP contribution in [0.5, 0.6) is 0 Å². The molecule has 6 nitrogen and oxygen atoms in total. The number of carbonyl (C=O) groups is 1. The van der Waals surface area contributed by atoms with Crippen LogP contribution >= 0.6 is 23.2 Å². The Kier molecular flexibility index (Phi) is 6.68. The first-order chi connectivity index (χ1) is 14.6. The Morgan fingerprint density at radius 2 is 2.00 bits per heavy atom. The normalized spacial score (nSPS) is 18.4. The number of methoxy groups -OCH3 is 1. The summed E-state index contributed by atoms with van der Waals surface area (Å²) in [5, 5.41) is 4.14. The molecule has 3 rings (SSSR count). The van der Waals surface area contributed by atoms with Crippen LogP contribution in [0.1, 0.15) is 23.1 Å². The smallest absolute Gasteiger partial charge is 0.375 e. The summed E-state index contributed by atoms with van der Waals surface area (Å²) in [5.41, 5.74) is 3.43. The van der Waals surface area contributed by atoms with Crippen LogP contribution in [0, 0.1) is 6.92 Å². The number of halogens is 5. The Morgan fingerprint density at radius 3 is 2.65 bits per heavy atom. The third-order valence-electron chi connectivity index (χ3n) is 4.61. The van der Waals surface area contributed by atoms with Crippen LogP contribution in [0.25, 0.3) is 0 Å². The van der Waals surface area contributed by atoms with E-state index in [1.165, 1.54) is 37.4 Å². The number of anilines is 1. The quantitative estimate of drug-likeness (QED) is 0.578. The van der Waals surface area contributed by atoms with Crippen molar-refractivity contribution < 1.29 is 27.5 Å². The first kappa shape index (κ1) is 23.2. The van der Waals surface area contributed by atoms with Crippen molar-refractivity contribution in [1.82, 2.24) is 5.43 Å². The second-order valence-electron chi connectivity index (χ2n) is 6.95. The van der Waals surface area contributed by atoms with E-state index in [0.717, 1.165) is 0 Å². The number of amides is 1. The average molecular weight is 476 g/mol. The van der Waals surface area contributed by atoms with E-state index in [0.29, 0.717) is 11.1 Å². The zero-order valence-corrected chi connectivity index (χ0v) is 18.0. The minimum atomic E-state index is -4.75. The molecular weight excluding hydrogens is 458 g/mol. The minimum absolute atomic E-state index is 0.0675. The van der Waals surface area contributed by atoms with Crippen molar-refractivity contribution in [3.63, 3.8) is 0 Å². The lowest BCUT2D eigenvalue weighted by molar-refractivity contribution is -0.275. The number of alkyl halides is 3. The van der Waals surface area contributed by atoms with Gasteiger partial charge in [-0.05, 0) is 36.8 Å². The molecule has 0 radical (unpaired) electrons. The van der Waals surface area contributed by atoms with E-state index in [1.807, 2.05) is 0 Å². The first-order valence-corrected chi connectivity index (χ1v) is 9.74. The van der Waals surface area contributed by atoms with E-state index in [4.69, 9.17) is 32.8 Å². The molecule has 2 aromatic rings. The standard InChI is InChI=1S/C20H18Cl2F3N3O3/c1-11-5-13(8-14(21)6-11)19(20(23,24)25)9-17(28-31-19)12-3-4-15(22)16(7-12)26-27-18(29)10-30-2/h3-8,26H,9-10H2,1-2H3,(H,27,29). The van der Waals surface area contributed by atoms with E-state index in [2.05, 4.69) is 16.0 Å². The fourth-order valence-electron chi connectivity index (χ4n) is 3.13. The zero-order chi connectivity index (χ0) is 22.8. The largest absolute Gasteiger partial charge is 0.435 e. The maximum absolute atomic E-state index is 14.1. The molecule has 0 aromatic heterocycles. The van der Waals surface area contributed by atoms with Gasteiger partial charge in [-0.25, -0.2) is 0 Å². The monoisotopic (exact) mass is 475 g/mol. The van der Waals surface area contributed by atoms with Crippen LogP contribution in [0.15, 0.2) is 41.6 Å². The number of ether oxygens (including phenoxy) is 1. The average Bonchev–Trinajstić information content (AvgIpc) is 3.14. The highest BCUT2D eigenvalue weighted by molar-refractivity contribution is 6.33. The Balaban J connectivity index is 1.90. The molecule has 1 aliphatic rings. The van der Waals surface area contributed by atoms with Crippen molar-refractivity contribution in [1.29, 1.82) is 0 Å². The van der Waals surface area contributed by atoms with Gasteiger partial charge in [0.1, 0.15) is 6.61 Å². The van der Waals surface area contributed by atoms with E-state index >= 15 is 0 Å². The molecule has 2 aromatic carbocycles. The van der Waals surface area contributed by atoms with Gasteiger partial charge in [0.2, 0.25) is 0 Å². The summed E-state index contributed by atoms with van der Waals surface area (Å²) < 4.78 is 47.1. The molecule has 1 heterocycles. The van der Waals surface area contributed by atoms with Crippen LogP contribution in [0.3, 0.4) is 0 Å². The van der Waals surface area contributed by atoms with Crippen molar-refractivity contribution in [2.75, 3.05) is 19.1 Å². The highest BCUT2D eigenvalue weighted by Crippen LogP contribution is 2.49. The number of carbonyl (C=O) groups excluding carboxylic acids is 1. The number of rotatable bonds is 6. The molecule has 0 fully saturated rings. The molecule has 2 N–H and O–H groups in total. The topological polar surface area (TPSA) is 72.0 Å². The zero-order valence-electron chi connectivity index (χ0n) is 16.4. The third-order valence-corrected chi connectivity index (χ3v) is 5.15. The van der Waals surface area contributed by atoms with Crippen LogP contribution in [0.4, 0.5) is 18.9 Å². The number of aryl methyl sites for hydroxylation is 1. The summed E-state index contributed by atoms with van der Waals surface area (Å²) in [6.07, 6.45) is -5.32. The van der Waals surface area contributed by atoms with Gasteiger partial charge in [-0.1, -0.05) is 40.5 Å². The molecule has 1 unspecified atom stereocenters. The number of hydrazine groups is 1. The lowest BCUT2D eigenvalue weighted by Gasteiger charge is -2.29. The molecule has 0 aliphatic carbocycles. The van der Waals surface area contributed by atoms with Crippen LogP contribution < -0.4 is 10.9 Å². The minimum Gasteiger partial charge on any atom is -0.375 e. The van der Waals surface area contributed by atoms with Gasteiger partial charge in [0, 0.05) is 29.7 Å². The predicted molar refractivity (Wildman–Crippen MR) is 111 cm³/mol. The van der Waals surface area contributed by atoms with Gasteiger partial charge in [0.15, 0.2) is 0 Å². The summed E-state index contributed by atoms with van der Waals surface area (Å²) in [6.45, 7) is 1.46. The Morgan fingerprint density at radius 1 is 1.26 bits per heavy atom. The van der Waals surface area contributed by atoms with Crippen LogP contribution in [0.2, 0.25) is 10.0 Å².